The summed E-state index contributed by atoms with van der Waals surface area (Å²) in [6.45, 7) is 4.10. The van der Waals surface area contributed by atoms with Gasteiger partial charge in [-0.2, -0.15) is 5.10 Å². The summed E-state index contributed by atoms with van der Waals surface area (Å²) in [4.78, 5) is 4.42. The summed E-state index contributed by atoms with van der Waals surface area (Å²) in [6.07, 6.45) is 3.62. The molecular formula is C15H15BrN4. The van der Waals surface area contributed by atoms with E-state index in [1.807, 2.05) is 35.8 Å². The summed E-state index contributed by atoms with van der Waals surface area (Å²) >= 11 is 3.45. The van der Waals surface area contributed by atoms with Gasteiger partial charge in [-0.15, -0.1) is 0 Å². The van der Waals surface area contributed by atoms with Gasteiger partial charge in [-0.1, -0.05) is 28.1 Å². The average Bonchev–Trinajstić information content (AvgIpc) is 2.81. The molecule has 0 saturated carbocycles. The molecule has 0 bridgehead atoms. The van der Waals surface area contributed by atoms with Crippen LogP contribution in [0.4, 0.5) is 5.82 Å². The molecule has 1 aromatic carbocycles. The molecule has 0 fully saturated rings. The maximum absolute atomic E-state index is 4.42. The molecular weight excluding hydrogens is 316 g/mol. The van der Waals surface area contributed by atoms with Crippen LogP contribution in [0.25, 0.3) is 5.52 Å². The minimum atomic E-state index is 0.178. The number of nitrogens with one attached hydrogen (secondary N) is 1. The Morgan fingerprint density at radius 2 is 2.00 bits per heavy atom. The third-order valence-corrected chi connectivity index (χ3v) is 3.76. The van der Waals surface area contributed by atoms with Gasteiger partial charge in [-0.25, -0.2) is 9.50 Å². The summed E-state index contributed by atoms with van der Waals surface area (Å²) in [5.41, 5.74) is 3.19. The summed E-state index contributed by atoms with van der Waals surface area (Å²) in [6, 6.07) is 10.5. The van der Waals surface area contributed by atoms with Crippen LogP contribution in [0.1, 0.15) is 24.2 Å². The molecule has 0 saturated heterocycles. The summed E-state index contributed by atoms with van der Waals surface area (Å²) in [7, 11) is 0. The lowest BCUT2D eigenvalue weighted by Gasteiger charge is -2.15. The monoisotopic (exact) mass is 330 g/mol. The van der Waals surface area contributed by atoms with Gasteiger partial charge in [0.25, 0.3) is 0 Å². The first-order valence-electron chi connectivity index (χ1n) is 6.46. The molecule has 0 radical (unpaired) electrons. The Morgan fingerprint density at radius 1 is 1.25 bits per heavy atom. The van der Waals surface area contributed by atoms with Crippen molar-refractivity contribution in [2.24, 2.45) is 0 Å². The van der Waals surface area contributed by atoms with E-state index in [2.05, 4.69) is 50.4 Å². The van der Waals surface area contributed by atoms with E-state index >= 15 is 0 Å². The van der Waals surface area contributed by atoms with E-state index in [1.165, 1.54) is 5.56 Å². The molecule has 4 nitrogen and oxygen atoms in total. The van der Waals surface area contributed by atoms with Crippen molar-refractivity contribution in [2.75, 3.05) is 5.32 Å². The third kappa shape index (κ3) is 2.54. The van der Waals surface area contributed by atoms with Crippen LogP contribution in [-0.2, 0) is 0 Å². The van der Waals surface area contributed by atoms with Gasteiger partial charge in [0.2, 0.25) is 0 Å². The number of aromatic nitrogens is 3. The fraction of sp³-hybridized carbons (Fsp3) is 0.200. The van der Waals surface area contributed by atoms with Crippen molar-refractivity contribution in [1.29, 1.82) is 0 Å². The zero-order valence-corrected chi connectivity index (χ0v) is 12.9. The smallest absolute Gasteiger partial charge is 0.152 e. The number of aryl methyl sites for hydroxylation is 1. The molecule has 2 heterocycles. The lowest BCUT2D eigenvalue weighted by molar-refractivity contribution is 0.864. The van der Waals surface area contributed by atoms with Crippen molar-refractivity contribution in [3.8, 4) is 0 Å². The largest absolute Gasteiger partial charge is 0.362 e. The van der Waals surface area contributed by atoms with Crippen LogP contribution >= 0.6 is 15.9 Å². The third-order valence-electron chi connectivity index (χ3n) is 3.24. The molecule has 1 N–H and O–H groups in total. The highest BCUT2D eigenvalue weighted by Gasteiger charge is 2.10. The Kier molecular flexibility index (Phi) is 3.44. The van der Waals surface area contributed by atoms with Gasteiger partial charge in [0.15, 0.2) is 5.82 Å². The lowest BCUT2D eigenvalue weighted by atomic mass is 10.1. The Balaban J connectivity index is 1.90. The van der Waals surface area contributed by atoms with E-state index in [0.717, 1.165) is 21.5 Å². The van der Waals surface area contributed by atoms with Crippen molar-refractivity contribution in [3.05, 3.63) is 58.5 Å². The molecule has 3 rings (SSSR count). The molecule has 0 aliphatic carbocycles. The van der Waals surface area contributed by atoms with E-state index in [9.17, 15) is 0 Å². The first-order chi connectivity index (χ1) is 9.63. The van der Waals surface area contributed by atoms with Gasteiger partial charge in [-0.05, 0) is 37.6 Å². The Morgan fingerprint density at radius 3 is 2.75 bits per heavy atom. The van der Waals surface area contributed by atoms with Crippen molar-refractivity contribution >= 4 is 27.3 Å². The van der Waals surface area contributed by atoms with Gasteiger partial charge < -0.3 is 5.32 Å². The number of fused-ring (bicyclic) bond motifs is 1. The Hall–Kier alpha value is -1.88. The average molecular weight is 331 g/mol. The molecule has 2 aromatic heterocycles. The second-order valence-corrected chi connectivity index (χ2v) is 5.72. The number of hydrogen-bond donors (Lipinski definition) is 1. The number of halogens is 1. The van der Waals surface area contributed by atoms with Gasteiger partial charge >= 0.3 is 0 Å². The number of hydrogen-bond acceptors (Lipinski definition) is 3. The molecule has 1 atom stereocenters. The molecule has 20 heavy (non-hydrogen) atoms. The molecule has 0 amide bonds. The van der Waals surface area contributed by atoms with Crippen LogP contribution < -0.4 is 5.32 Å². The molecule has 5 heteroatoms. The maximum atomic E-state index is 4.42. The highest BCUT2D eigenvalue weighted by molar-refractivity contribution is 9.10. The van der Waals surface area contributed by atoms with Crippen molar-refractivity contribution in [3.63, 3.8) is 0 Å². The molecule has 1 unspecified atom stereocenters. The fourth-order valence-corrected chi connectivity index (χ4v) is 2.46. The van der Waals surface area contributed by atoms with Crippen LogP contribution in [0.5, 0.6) is 0 Å². The van der Waals surface area contributed by atoms with E-state index in [-0.39, 0.29) is 6.04 Å². The second-order valence-electron chi connectivity index (χ2n) is 4.81. The van der Waals surface area contributed by atoms with Crippen LogP contribution in [0.15, 0.2) is 47.2 Å². The number of rotatable bonds is 3. The predicted octanol–water partition coefficient (Wildman–Crippen LogP) is 3.97. The Bertz CT molecular complexity index is 733. The normalized spacial score (nSPS) is 12.6. The molecule has 0 aliphatic heterocycles. The van der Waals surface area contributed by atoms with Crippen LogP contribution in [-0.4, -0.2) is 14.6 Å². The van der Waals surface area contributed by atoms with E-state index < -0.39 is 0 Å². The first-order valence-corrected chi connectivity index (χ1v) is 7.26. The maximum Gasteiger partial charge on any atom is 0.152 e. The number of anilines is 1. The zero-order valence-electron chi connectivity index (χ0n) is 11.3. The van der Waals surface area contributed by atoms with Gasteiger partial charge in [-0.3, -0.25) is 0 Å². The van der Waals surface area contributed by atoms with Crippen molar-refractivity contribution in [1.82, 2.24) is 14.6 Å². The van der Waals surface area contributed by atoms with Gasteiger partial charge in [0, 0.05) is 16.9 Å². The minimum Gasteiger partial charge on any atom is -0.362 e. The van der Waals surface area contributed by atoms with Crippen LogP contribution in [0, 0.1) is 6.92 Å². The summed E-state index contributed by atoms with van der Waals surface area (Å²) in [5, 5.41) is 7.84. The highest BCUT2D eigenvalue weighted by Crippen LogP contribution is 2.22. The predicted molar refractivity (Wildman–Crippen MR) is 83.9 cm³/mol. The van der Waals surface area contributed by atoms with E-state index in [1.54, 1.807) is 6.20 Å². The SMILES string of the molecule is Cc1cc2c(NC(C)c3ccc(Br)cc3)nccn2n1. The van der Waals surface area contributed by atoms with Crippen molar-refractivity contribution in [2.45, 2.75) is 19.9 Å². The van der Waals surface area contributed by atoms with E-state index in [0.29, 0.717) is 0 Å². The lowest BCUT2D eigenvalue weighted by Crippen LogP contribution is -2.09. The van der Waals surface area contributed by atoms with Crippen LogP contribution in [0.2, 0.25) is 0 Å². The van der Waals surface area contributed by atoms with Crippen LogP contribution in [0.3, 0.4) is 0 Å². The van der Waals surface area contributed by atoms with Gasteiger partial charge in [0.05, 0.1) is 11.7 Å². The molecule has 3 aromatic rings. The standard InChI is InChI=1S/C15H15BrN4/c1-10-9-14-15(17-7-8-20(14)19-10)18-11(2)12-3-5-13(16)6-4-12/h3-9,11H,1-2H3,(H,17,18). The topological polar surface area (TPSA) is 42.2 Å². The Labute approximate surface area is 126 Å². The molecule has 0 aliphatic rings. The fourth-order valence-electron chi connectivity index (χ4n) is 2.20. The summed E-state index contributed by atoms with van der Waals surface area (Å²) in [5.74, 6) is 0.850. The zero-order chi connectivity index (χ0) is 14.1. The quantitative estimate of drug-likeness (QED) is 0.789. The number of nitrogens with zero attached hydrogens (tertiary/aromatic N) is 3. The van der Waals surface area contributed by atoms with E-state index in [4.69, 9.17) is 0 Å². The molecule has 102 valence electrons. The van der Waals surface area contributed by atoms with Gasteiger partial charge in [0.1, 0.15) is 5.52 Å². The summed E-state index contributed by atoms with van der Waals surface area (Å²) < 4.78 is 2.93. The molecule has 0 spiro atoms. The minimum absolute atomic E-state index is 0.178. The highest BCUT2D eigenvalue weighted by atomic mass is 79.9. The first kappa shape index (κ1) is 13.1. The van der Waals surface area contributed by atoms with Crippen molar-refractivity contribution < 1.29 is 0 Å². The number of benzene rings is 1. The second kappa shape index (κ2) is 5.25.